The molecule has 6 heteroatoms. The average molecular weight is 294 g/mol. The number of methoxy groups -OCH3 is 3. The highest BCUT2D eigenvalue weighted by atomic mass is 16.5. The lowest BCUT2D eigenvalue weighted by Gasteiger charge is -2.38. The maximum Gasteiger partial charge on any atom is 0.251 e. The van der Waals surface area contributed by atoms with E-state index in [4.69, 9.17) is 19.9 Å². The van der Waals surface area contributed by atoms with Gasteiger partial charge in [0.05, 0.1) is 21.3 Å². The Labute approximate surface area is 124 Å². The van der Waals surface area contributed by atoms with Gasteiger partial charge in [-0.2, -0.15) is 0 Å². The fraction of sp³-hybridized carbons (Fsp3) is 0.533. The van der Waals surface area contributed by atoms with Crippen LogP contribution in [0.15, 0.2) is 12.1 Å². The van der Waals surface area contributed by atoms with Crippen molar-refractivity contribution in [3.8, 4) is 17.2 Å². The van der Waals surface area contributed by atoms with Gasteiger partial charge in [0.25, 0.3) is 5.91 Å². The number of nitrogens with two attached hydrogens (primary N) is 1. The number of nitrogens with one attached hydrogen (secondary N) is 1. The first-order chi connectivity index (χ1) is 10.0. The smallest absolute Gasteiger partial charge is 0.251 e. The molecule has 116 valence electrons. The van der Waals surface area contributed by atoms with E-state index in [9.17, 15) is 4.79 Å². The second kappa shape index (κ2) is 6.22. The molecule has 0 saturated heterocycles. The van der Waals surface area contributed by atoms with E-state index in [2.05, 4.69) is 5.32 Å². The van der Waals surface area contributed by atoms with E-state index in [-0.39, 0.29) is 11.4 Å². The zero-order valence-electron chi connectivity index (χ0n) is 12.7. The van der Waals surface area contributed by atoms with Crippen LogP contribution in [0.5, 0.6) is 17.2 Å². The summed E-state index contributed by atoms with van der Waals surface area (Å²) in [4.78, 5) is 12.2. The molecule has 0 bridgehead atoms. The van der Waals surface area contributed by atoms with Crippen molar-refractivity contribution in [2.45, 2.75) is 24.8 Å². The maximum atomic E-state index is 12.2. The van der Waals surface area contributed by atoms with Gasteiger partial charge in [0, 0.05) is 17.6 Å². The first-order valence-corrected chi connectivity index (χ1v) is 6.90. The van der Waals surface area contributed by atoms with Crippen molar-refractivity contribution in [2.24, 2.45) is 5.73 Å². The molecule has 1 aliphatic rings. The fourth-order valence-corrected chi connectivity index (χ4v) is 2.38. The molecule has 0 aliphatic heterocycles. The highest BCUT2D eigenvalue weighted by molar-refractivity contribution is 5.95. The van der Waals surface area contributed by atoms with Gasteiger partial charge in [-0.25, -0.2) is 0 Å². The molecule has 0 radical (unpaired) electrons. The highest BCUT2D eigenvalue weighted by Crippen LogP contribution is 2.38. The van der Waals surface area contributed by atoms with E-state index < -0.39 is 0 Å². The Morgan fingerprint density at radius 1 is 1.19 bits per heavy atom. The van der Waals surface area contributed by atoms with E-state index in [0.29, 0.717) is 29.4 Å². The molecule has 3 N–H and O–H groups in total. The highest BCUT2D eigenvalue weighted by Gasteiger charge is 2.32. The molecular formula is C15H22N2O4. The molecule has 1 saturated carbocycles. The van der Waals surface area contributed by atoms with Crippen LogP contribution in [0.2, 0.25) is 0 Å². The second-order valence-electron chi connectivity index (χ2n) is 5.31. The molecule has 1 amide bonds. The van der Waals surface area contributed by atoms with Gasteiger partial charge in [0.15, 0.2) is 11.5 Å². The van der Waals surface area contributed by atoms with Crippen LogP contribution in [0.3, 0.4) is 0 Å². The van der Waals surface area contributed by atoms with Gasteiger partial charge in [-0.3, -0.25) is 4.79 Å². The van der Waals surface area contributed by atoms with Crippen molar-refractivity contribution >= 4 is 5.91 Å². The summed E-state index contributed by atoms with van der Waals surface area (Å²) in [7, 11) is 4.55. The largest absolute Gasteiger partial charge is 0.493 e. The third-order valence-electron chi connectivity index (χ3n) is 3.88. The van der Waals surface area contributed by atoms with Gasteiger partial charge in [-0.05, 0) is 31.4 Å². The standard InChI is InChI=1S/C15H22N2O4/c1-19-11-7-10(8-12(20-2)13(11)21-3)14(18)17-9-15(16)5-4-6-15/h7-8H,4-6,9,16H2,1-3H3,(H,17,18). The number of amides is 1. The Balaban J connectivity index is 2.16. The van der Waals surface area contributed by atoms with Crippen LogP contribution >= 0.6 is 0 Å². The number of hydrogen-bond donors (Lipinski definition) is 2. The first-order valence-electron chi connectivity index (χ1n) is 6.90. The molecule has 0 spiro atoms. The Kier molecular flexibility index (Phi) is 4.57. The Morgan fingerprint density at radius 2 is 1.76 bits per heavy atom. The van der Waals surface area contributed by atoms with Gasteiger partial charge in [0.2, 0.25) is 5.75 Å². The van der Waals surface area contributed by atoms with Crippen LogP contribution in [-0.4, -0.2) is 39.3 Å². The minimum absolute atomic E-state index is 0.203. The Hall–Kier alpha value is -1.95. The average Bonchev–Trinajstić information content (AvgIpc) is 2.48. The summed E-state index contributed by atoms with van der Waals surface area (Å²) in [6.45, 7) is 0.475. The summed E-state index contributed by atoms with van der Waals surface area (Å²) in [5.41, 5.74) is 6.30. The van der Waals surface area contributed by atoms with E-state index in [1.165, 1.54) is 21.3 Å². The van der Waals surface area contributed by atoms with E-state index in [0.717, 1.165) is 19.3 Å². The third kappa shape index (κ3) is 3.21. The summed E-state index contributed by atoms with van der Waals surface area (Å²) in [6.07, 6.45) is 3.02. The molecule has 6 nitrogen and oxygen atoms in total. The number of ether oxygens (including phenoxy) is 3. The molecule has 21 heavy (non-hydrogen) atoms. The Bertz CT molecular complexity index is 501. The number of benzene rings is 1. The van der Waals surface area contributed by atoms with Crippen LogP contribution in [0.25, 0.3) is 0 Å². The van der Waals surface area contributed by atoms with Gasteiger partial charge in [0.1, 0.15) is 0 Å². The molecule has 2 rings (SSSR count). The molecule has 0 aromatic heterocycles. The van der Waals surface area contributed by atoms with Gasteiger partial charge >= 0.3 is 0 Å². The van der Waals surface area contributed by atoms with Gasteiger partial charge in [-0.1, -0.05) is 0 Å². The van der Waals surface area contributed by atoms with Crippen molar-refractivity contribution in [2.75, 3.05) is 27.9 Å². The predicted octanol–water partition coefficient (Wildman–Crippen LogP) is 1.32. The third-order valence-corrected chi connectivity index (χ3v) is 3.88. The Morgan fingerprint density at radius 3 is 2.14 bits per heavy atom. The van der Waals surface area contributed by atoms with Gasteiger partial charge < -0.3 is 25.3 Å². The molecular weight excluding hydrogens is 272 g/mol. The van der Waals surface area contributed by atoms with Crippen LogP contribution < -0.4 is 25.3 Å². The quantitative estimate of drug-likeness (QED) is 0.827. The molecule has 0 atom stereocenters. The first kappa shape index (κ1) is 15.4. The number of carbonyl (C=O) groups is 1. The SMILES string of the molecule is COc1cc(C(=O)NCC2(N)CCC2)cc(OC)c1OC. The second-order valence-corrected chi connectivity index (χ2v) is 5.31. The zero-order chi connectivity index (χ0) is 15.5. The fourth-order valence-electron chi connectivity index (χ4n) is 2.38. The van der Waals surface area contributed by atoms with Crippen molar-refractivity contribution < 1.29 is 19.0 Å². The molecule has 1 aliphatic carbocycles. The van der Waals surface area contributed by atoms with Crippen molar-refractivity contribution in [3.63, 3.8) is 0 Å². The molecule has 1 fully saturated rings. The number of carbonyl (C=O) groups excluding carboxylic acids is 1. The normalized spacial score (nSPS) is 15.8. The van der Waals surface area contributed by atoms with Crippen LogP contribution in [0.1, 0.15) is 29.6 Å². The lowest BCUT2D eigenvalue weighted by atomic mass is 9.78. The van der Waals surface area contributed by atoms with Crippen molar-refractivity contribution in [3.05, 3.63) is 17.7 Å². The molecule has 1 aromatic rings. The molecule has 0 heterocycles. The van der Waals surface area contributed by atoms with Gasteiger partial charge in [-0.15, -0.1) is 0 Å². The minimum Gasteiger partial charge on any atom is -0.493 e. The lowest BCUT2D eigenvalue weighted by molar-refractivity contribution is 0.0929. The monoisotopic (exact) mass is 294 g/mol. The van der Waals surface area contributed by atoms with E-state index in [1.807, 2.05) is 0 Å². The summed E-state index contributed by atoms with van der Waals surface area (Å²) < 4.78 is 15.7. The number of rotatable bonds is 6. The summed E-state index contributed by atoms with van der Waals surface area (Å²) in [5, 5.41) is 2.87. The van der Waals surface area contributed by atoms with Crippen molar-refractivity contribution in [1.29, 1.82) is 0 Å². The van der Waals surface area contributed by atoms with Crippen LogP contribution in [0.4, 0.5) is 0 Å². The number of hydrogen-bond acceptors (Lipinski definition) is 5. The van der Waals surface area contributed by atoms with E-state index in [1.54, 1.807) is 12.1 Å². The predicted molar refractivity (Wildman–Crippen MR) is 79.2 cm³/mol. The van der Waals surface area contributed by atoms with Crippen LogP contribution in [0, 0.1) is 0 Å². The van der Waals surface area contributed by atoms with Crippen LogP contribution in [-0.2, 0) is 0 Å². The summed E-state index contributed by atoms with van der Waals surface area (Å²) in [5.74, 6) is 1.16. The molecule has 0 unspecified atom stereocenters. The maximum absolute atomic E-state index is 12.2. The summed E-state index contributed by atoms with van der Waals surface area (Å²) >= 11 is 0. The lowest BCUT2D eigenvalue weighted by Crippen LogP contribution is -2.54. The van der Waals surface area contributed by atoms with Crippen molar-refractivity contribution in [1.82, 2.24) is 5.32 Å². The minimum atomic E-state index is -0.254. The molecule has 1 aromatic carbocycles. The van der Waals surface area contributed by atoms with E-state index >= 15 is 0 Å². The summed E-state index contributed by atoms with van der Waals surface area (Å²) in [6, 6.07) is 3.25. The topological polar surface area (TPSA) is 82.8 Å². The zero-order valence-corrected chi connectivity index (χ0v) is 12.7.